The molecule has 1 unspecified atom stereocenters. The molecule has 1 aliphatic heterocycles. The molecule has 31 heavy (non-hydrogen) atoms. The lowest BCUT2D eigenvalue weighted by atomic mass is 10.1. The molecule has 8 nitrogen and oxygen atoms in total. The van der Waals surface area contributed by atoms with Gasteiger partial charge in [-0.2, -0.15) is 13.2 Å². The van der Waals surface area contributed by atoms with E-state index in [-0.39, 0.29) is 23.5 Å². The Balaban J connectivity index is 1.63. The first-order valence-electron chi connectivity index (χ1n) is 8.77. The van der Waals surface area contributed by atoms with Crippen LogP contribution in [0.2, 0.25) is 0 Å². The summed E-state index contributed by atoms with van der Waals surface area (Å²) >= 11 is 0.829. The van der Waals surface area contributed by atoms with Crippen molar-refractivity contribution in [3.05, 3.63) is 64.2 Å². The molecule has 3 rings (SSSR count). The summed E-state index contributed by atoms with van der Waals surface area (Å²) in [6.07, 6.45) is -4.84. The minimum atomic E-state index is -4.64. The van der Waals surface area contributed by atoms with Crippen LogP contribution in [0.4, 0.5) is 30.2 Å². The van der Waals surface area contributed by atoms with E-state index in [2.05, 4.69) is 5.32 Å². The summed E-state index contributed by atoms with van der Waals surface area (Å²) in [6, 6.07) is 9.34. The van der Waals surface area contributed by atoms with Crippen LogP contribution in [0.1, 0.15) is 12.0 Å². The lowest BCUT2D eigenvalue weighted by molar-refractivity contribution is -0.384. The van der Waals surface area contributed by atoms with Gasteiger partial charge in [-0.3, -0.25) is 24.5 Å². The highest BCUT2D eigenvalue weighted by molar-refractivity contribution is 8.01. The number of benzene rings is 2. The molecule has 1 fully saturated rings. The van der Waals surface area contributed by atoms with Gasteiger partial charge in [0.1, 0.15) is 0 Å². The predicted molar refractivity (Wildman–Crippen MR) is 107 cm³/mol. The van der Waals surface area contributed by atoms with E-state index in [0.29, 0.717) is 0 Å². The zero-order valence-corrected chi connectivity index (χ0v) is 16.4. The van der Waals surface area contributed by atoms with E-state index in [1.807, 2.05) is 0 Å². The lowest BCUT2D eigenvalue weighted by Crippen LogP contribution is -2.31. The number of rotatable bonds is 6. The van der Waals surface area contributed by atoms with E-state index >= 15 is 0 Å². The SMILES string of the molecule is O=C(CSC1CC(=O)N(c2ccc([N+](=O)[O-])cc2)C1=O)Nc1ccccc1C(F)(F)F. The normalized spacial score (nSPS) is 16.5. The topological polar surface area (TPSA) is 110 Å². The molecule has 1 heterocycles. The molecule has 1 saturated heterocycles. The average molecular weight is 453 g/mol. The van der Waals surface area contributed by atoms with Crippen LogP contribution in [0.3, 0.4) is 0 Å². The first-order chi connectivity index (χ1) is 14.6. The number of carbonyl (C=O) groups is 3. The lowest BCUT2D eigenvalue weighted by Gasteiger charge is -2.15. The number of anilines is 2. The molecule has 0 aromatic heterocycles. The number of imide groups is 1. The predicted octanol–water partition coefficient (Wildman–Crippen LogP) is 3.62. The standard InChI is InChI=1S/C19H14F3N3O5S/c20-19(21,22)13-3-1-2-4-14(13)23-16(26)10-31-15-9-17(27)24(18(15)28)11-5-7-12(8-6-11)25(29)30/h1-8,15H,9-10H2,(H,23,26). The number of nitrogens with one attached hydrogen (secondary N) is 1. The number of alkyl halides is 3. The number of hydrogen-bond donors (Lipinski definition) is 1. The number of carbonyl (C=O) groups excluding carboxylic acids is 3. The van der Waals surface area contributed by atoms with Crippen LogP contribution in [-0.2, 0) is 20.6 Å². The number of hydrogen-bond acceptors (Lipinski definition) is 6. The molecular weight excluding hydrogens is 439 g/mol. The third kappa shape index (κ3) is 5.02. The second kappa shape index (κ2) is 8.76. The van der Waals surface area contributed by atoms with Crippen molar-refractivity contribution >= 4 is 46.5 Å². The summed E-state index contributed by atoms with van der Waals surface area (Å²) in [7, 11) is 0. The highest BCUT2D eigenvalue weighted by Crippen LogP contribution is 2.35. The Morgan fingerprint density at radius 2 is 1.81 bits per heavy atom. The summed E-state index contributed by atoms with van der Waals surface area (Å²) in [5, 5.41) is 12.0. The van der Waals surface area contributed by atoms with Gasteiger partial charge < -0.3 is 5.32 Å². The molecule has 0 radical (unpaired) electrons. The van der Waals surface area contributed by atoms with Crippen molar-refractivity contribution in [1.82, 2.24) is 0 Å². The van der Waals surface area contributed by atoms with Gasteiger partial charge in [0, 0.05) is 18.6 Å². The summed E-state index contributed by atoms with van der Waals surface area (Å²) in [5.74, 6) is -2.24. The summed E-state index contributed by atoms with van der Waals surface area (Å²) in [4.78, 5) is 47.9. The number of nitrogens with zero attached hydrogens (tertiary/aromatic N) is 2. The molecule has 0 bridgehead atoms. The largest absolute Gasteiger partial charge is 0.418 e. The molecule has 0 aliphatic carbocycles. The Morgan fingerprint density at radius 3 is 2.42 bits per heavy atom. The minimum absolute atomic E-state index is 0.159. The van der Waals surface area contributed by atoms with Crippen molar-refractivity contribution in [2.75, 3.05) is 16.0 Å². The van der Waals surface area contributed by atoms with Crippen LogP contribution in [0.5, 0.6) is 0 Å². The van der Waals surface area contributed by atoms with E-state index in [9.17, 15) is 37.7 Å². The van der Waals surface area contributed by atoms with E-state index in [1.54, 1.807) is 0 Å². The molecule has 1 aliphatic rings. The number of nitro groups is 1. The number of para-hydroxylation sites is 1. The molecular formula is C19H14F3N3O5S. The van der Waals surface area contributed by atoms with Gasteiger partial charge in [-0.1, -0.05) is 12.1 Å². The van der Waals surface area contributed by atoms with Crippen molar-refractivity contribution in [3.63, 3.8) is 0 Å². The van der Waals surface area contributed by atoms with E-state index in [0.717, 1.165) is 40.9 Å². The first kappa shape index (κ1) is 22.3. The first-order valence-corrected chi connectivity index (χ1v) is 9.81. The fourth-order valence-electron chi connectivity index (χ4n) is 2.93. The smallest absolute Gasteiger partial charge is 0.325 e. The van der Waals surface area contributed by atoms with Gasteiger partial charge in [-0.25, -0.2) is 4.90 Å². The van der Waals surface area contributed by atoms with Crippen LogP contribution in [0.15, 0.2) is 48.5 Å². The Morgan fingerprint density at radius 1 is 1.16 bits per heavy atom. The van der Waals surface area contributed by atoms with Gasteiger partial charge in [0.05, 0.1) is 32.9 Å². The second-order valence-electron chi connectivity index (χ2n) is 6.44. The van der Waals surface area contributed by atoms with Crippen LogP contribution in [0.25, 0.3) is 0 Å². The van der Waals surface area contributed by atoms with Crippen LogP contribution in [-0.4, -0.2) is 33.6 Å². The third-order valence-corrected chi connectivity index (χ3v) is 5.55. The Bertz CT molecular complexity index is 1040. The molecule has 1 atom stereocenters. The van der Waals surface area contributed by atoms with Crippen LogP contribution >= 0.6 is 11.8 Å². The Hall–Kier alpha value is -3.41. The van der Waals surface area contributed by atoms with E-state index in [4.69, 9.17) is 0 Å². The summed E-state index contributed by atoms with van der Waals surface area (Å²) < 4.78 is 39.0. The third-order valence-electron chi connectivity index (χ3n) is 4.35. The van der Waals surface area contributed by atoms with Crippen molar-refractivity contribution < 1.29 is 32.5 Å². The molecule has 0 saturated carbocycles. The molecule has 12 heteroatoms. The van der Waals surface area contributed by atoms with Crippen LogP contribution in [0, 0.1) is 10.1 Å². The van der Waals surface area contributed by atoms with Crippen molar-refractivity contribution in [3.8, 4) is 0 Å². The number of thioether (sulfide) groups is 1. The average Bonchev–Trinajstić information content (AvgIpc) is 2.99. The maximum absolute atomic E-state index is 13.0. The number of amides is 3. The van der Waals surface area contributed by atoms with Gasteiger partial charge in [0.15, 0.2) is 0 Å². The van der Waals surface area contributed by atoms with Gasteiger partial charge in [-0.15, -0.1) is 11.8 Å². The van der Waals surface area contributed by atoms with Crippen molar-refractivity contribution in [2.24, 2.45) is 0 Å². The molecule has 2 aromatic carbocycles. The highest BCUT2D eigenvalue weighted by atomic mass is 32.2. The Kier molecular flexibility index (Phi) is 6.29. The van der Waals surface area contributed by atoms with Gasteiger partial charge in [-0.05, 0) is 24.3 Å². The van der Waals surface area contributed by atoms with E-state index in [1.165, 1.54) is 24.3 Å². The molecule has 162 valence electrons. The molecule has 1 N–H and O–H groups in total. The fraction of sp³-hybridized carbons (Fsp3) is 0.211. The number of non-ortho nitro benzene ring substituents is 1. The summed E-state index contributed by atoms with van der Waals surface area (Å²) in [5.41, 5.74) is -1.44. The number of nitro benzene ring substituents is 1. The van der Waals surface area contributed by atoms with Crippen LogP contribution < -0.4 is 10.2 Å². The van der Waals surface area contributed by atoms with Gasteiger partial charge >= 0.3 is 6.18 Å². The fourth-order valence-corrected chi connectivity index (χ4v) is 3.86. The maximum atomic E-state index is 13.0. The van der Waals surface area contributed by atoms with Crippen molar-refractivity contribution in [1.29, 1.82) is 0 Å². The minimum Gasteiger partial charge on any atom is -0.325 e. The maximum Gasteiger partial charge on any atom is 0.418 e. The number of halogens is 3. The van der Waals surface area contributed by atoms with Gasteiger partial charge in [0.25, 0.3) is 5.69 Å². The van der Waals surface area contributed by atoms with E-state index < -0.39 is 45.3 Å². The monoisotopic (exact) mass is 453 g/mol. The quantitative estimate of drug-likeness (QED) is 0.407. The molecule has 3 amide bonds. The zero-order valence-electron chi connectivity index (χ0n) is 15.6. The van der Waals surface area contributed by atoms with Crippen molar-refractivity contribution in [2.45, 2.75) is 17.8 Å². The molecule has 0 spiro atoms. The zero-order chi connectivity index (χ0) is 22.8. The summed E-state index contributed by atoms with van der Waals surface area (Å²) in [6.45, 7) is 0. The highest BCUT2D eigenvalue weighted by Gasteiger charge is 2.40. The molecule has 2 aromatic rings. The second-order valence-corrected chi connectivity index (χ2v) is 7.63. The Labute approximate surface area is 177 Å². The van der Waals surface area contributed by atoms with Gasteiger partial charge in [0.2, 0.25) is 17.7 Å².